The maximum atomic E-state index is 11.7. The largest absolute Gasteiger partial charge is 0.462 e. The number of carbonyl (C=O) groups excluding carboxylic acids is 2. The van der Waals surface area contributed by atoms with Gasteiger partial charge in [0.25, 0.3) is 0 Å². The van der Waals surface area contributed by atoms with Crippen molar-refractivity contribution in [3.05, 3.63) is 0 Å². The normalized spacial score (nSPS) is 23.5. The van der Waals surface area contributed by atoms with Crippen molar-refractivity contribution in [2.75, 3.05) is 6.61 Å². The Kier molecular flexibility index (Phi) is 3.37. The fourth-order valence-corrected chi connectivity index (χ4v) is 1.19. The van der Waals surface area contributed by atoms with Gasteiger partial charge in [-0.25, -0.2) is 0 Å². The average molecular weight is 214 g/mol. The van der Waals surface area contributed by atoms with Crippen molar-refractivity contribution >= 4 is 11.9 Å². The summed E-state index contributed by atoms with van der Waals surface area (Å²) in [5, 5.41) is 0. The Balaban J connectivity index is 2.45. The molecule has 15 heavy (non-hydrogen) atoms. The van der Waals surface area contributed by atoms with Crippen LogP contribution in [0, 0.1) is 11.3 Å². The number of carbonyl (C=O) groups is 2. The Morgan fingerprint density at radius 3 is 2.53 bits per heavy atom. The van der Waals surface area contributed by atoms with Gasteiger partial charge in [0.1, 0.15) is 12.7 Å². The van der Waals surface area contributed by atoms with Crippen molar-refractivity contribution in [1.29, 1.82) is 0 Å². The zero-order valence-electron chi connectivity index (χ0n) is 9.70. The third-order valence-electron chi connectivity index (χ3n) is 2.76. The van der Waals surface area contributed by atoms with Crippen LogP contribution in [-0.4, -0.2) is 24.6 Å². The Morgan fingerprint density at radius 1 is 1.53 bits per heavy atom. The summed E-state index contributed by atoms with van der Waals surface area (Å²) in [6.45, 7) is 7.97. The standard InChI is InChI=1S/C11H18O4/c1-7(11(2,3)4)10(13)15-8-5-9(12)14-6-8/h7-8H,5-6H2,1-4H3. The summed E-state index contributed by atoms with van der Waals surface area (Å²) >= 11 is 0. The van der Waals surface area contributed by atoms with Crippen molar-refractivity contribution in [3.8, 4) is 0 Å². The van der Waals surface area contributed by atoms with E-state index in [9.17, 15) is 9.59 Å². The second-order valence-corrected chi connectivity index (χ2v) is 5.03. The molecule has 2 unspecified atom stereocenters. The number of cyclic esters (lactones) is 1. The molecule has 1 aliphatic rings. The molecule has 0 spiro atoms. The van der Waals surface area contributed by atoms with Gasteiger partial charge in [0.2, 0.25) is 0 Å². The van der Waals surface area contributed by atoms with E-state index in [1.165, 1.54) is 0 Å². The SMILES string of the molecule is CC(C(=O)OC1COC(=O)C1)C(C)(C)C. The van der Waals surface area contributed by atoms with Crippen LogP contribution in [0.4, 0.5) is 0 Å². The summed E-state index contributed by atoms with van der Waals surface area (Å²) in [5.41, 5.74) is -0.124. The highest BCUT2D eigenvalue weighted by Crippen LogP contribution is 2.27. The van der Waals surface area contributed by atoms with Crippen molar-refractivity contribution < 1.29 is 19.1 Å². The first-order chi connectivity index (χ1) is 6.80. The minimum absolute atomic E-state index is 0.124. The minimum Gasteiger partial charge on any atom is -0.462 e. The summed E-state index contributed by atoms with van der Waals surface area (Å²) in [6.07, 6.45) is -0.211. The predicted octanol–water partition coefficient (Wildman–Crippen LogP) is 1.53. The van der Waals surface area contributed by atoms with E-state index in [1.807, 2.05) is 27.7 Å². The van der Waals surface area contributed by atoms with E-state index in [-0.39, 0.29) is 36.3 Å². The lowest BCUT2D eigenvalue weighted by molar-refractivity contribution is -0.157. The van der Waals surface area contributed by atoms with E-state index in [2.05, 4.69) is 0 Å². The first-order valence-electron chi connectivity index (χ1n) is 5.17. The maximum absolute atomic E-state index is 11.7. The van der Waals surface area contributed by atoms with Crippen LogP contribution in [-0.2, 0) is 19.1 Å². The molecule has 0 bridgehead atoms. The minimum atomic E-state index is -0.394. The van der Waals surface area contributed by atoms with E-state index in [1.54, 1.807) is 0 Å². The molecule has 0 radical (unpaired) electrons. The van der Waals surface area contributed by atoms with Gasteiger partial charge in [0.05, 0.1) is 12.3 Å². The quantitative estimate of drug-likeness (QED) is 0.654. The van der Waals surface area contributed by atoms with E-state index in [0.717, 1.165) is 0 Å². The summed E-state index contributed by atoms with van der Waals surface area (Å²) in [4.78, 5) is 22.5. The van der Waals surface area contributed by atoms with Crippen molar-refractivity contribution in [2.24, 2.45) is 11.3 Å². The zero-order valence-corrected chi connectivity index (χ0v) is 9.70. The molecule has 0 aliphatic carbocycles. The molecule has 1 rings (SSSR count). The number of hydrogen-bond acceptors (Lipinski definition) is 4. The first kappa shape index (κ1) is 12.0. The van der Waals surface area contributed by atoms with Gasteiger partial charge < -0.3 is 9.47 Å². The Hall–Kier alpha value is -1.06. The highest BCUT2D eigenvalue weighted by Gasteiger charge is 2.33. The topological polar surface area (TPSA) is 52.6 Å². The van der Waals surface area contributed by atoms with Crippen LogP contribution in [0.1, 0.15) is 34.1 Å². The van der Waals surface area contributed by atoms with Gasteiger partial charge in [-0.15, -0.1) is 0 Å². The molecule has 1 aliphatic heterocycles. The van der Waals surface area contributed by atoms with Gasteiger partial charge >= 0.3 is 11.9 Å². The smallest absolute Gasteiger partial charge is 0.309 e. The third-order valence-corrected chi connectivity index (χ3v) is 2.76. The lowest BCUT2D eigenvalue weighted by Crippen LogP contribution is -2.30. The summed E-state index contributed by atoms with van der Waals surface area (Å²) < 4.78 is 9.90. The Bertz CT molecular complexity index is 264. The lowest BCUT2D eigenvalue weighted by Gasteiger charge is -2.26. The molecule has 1 fully saturated rings. The monoisotopic (exact) mass is 214 g/mol. The van der Waals surface area contributed by atoms with Crippen LogP contribution in [0.3, 0.4) is 0 Å². The summed E-state index contributed by atoms with van der Waals surface area (Å²) in [5.74, 6) is -0.741. The molecule has 4 heteroatoms. The fraction of sp³-hybridized carbons (Fsp3) is 0.818. The van der Waals surface area contributed by atoms with Crippen molar-refractivity contribution in [1.82, 2.24) is 0 Å². The molecule has 0 N–H and O–H groups in total. The predicted molar refractivity (Wildman–Crippen MR) is 54.1 cm³/mol. The van der Waals surface area contributed by atoms with Gasteiger partial charge in [-0.3, -0.25) is 9.59 Å². The van der Waals surface area contributed by atoms with Crippen molar-refractivity contribution in [3.63, 3.8) is 0 Å². The lowest BCUT2D eigenvalue weighted by atomic mass is 9.82. The van der Waals surface area contributed by atoms with Crippen LogP contribution in [0.15, 0.2) is 0 Å². The average Bonchev–Trinajstić information content (AvgIpc) is 2.48. The van der Waals surface area contributed by atoms with Crippen molar-refractivity contribution in [2.45, 2.75) is 40.2 Å². The van der Waals surface area contributed by atoms with E-state index in [4.69, 9.17) is 9.47 Å². The number of ether oxygens (including phenoxy) is 2. The molecule has 86 valence electrons. The molecule has 0 saturated carbocycles. The zero-order chi connectivity index (χ0) is 11.6. The van der Waals surface area contributed by atoms with Crippen LogP contribution in [0.5, 0.6) is 0 Å². The Morgan fingerprint density at radius 2 is 2.13 bits per heavy atom. The van der Waals surface area contributed by atoms with Gasteiger partial charge in [-0.1, -0.05) is 27.7 Å². The van der Waals surface area contributed by atoms with Gasteiger partial charge in [-0.05, 0) is 5.41 Å². The number of esters is 2. The van der Waals surface area contributed by atoms with Crippen LogP contribution >= 0.6 is 0 Å². The highest BCUT2D eigenvalue weighted by atomic mass is 16.6. The molecule has 0 aromatic heterocycles. The summed E-state index contributed by atoms with van der Waals surface area (Å²) in [6, 6.07) is 0. The van der Waals surface area contributed by atoms with Gasteiger partial charge in [-0.2, -0.15) is 0 Å². The van der Waals surface area contributed by atoms with E-state index < -0.39 is 6.10 Å². The van der Waals surface area contributed by atoms with Crippen LogP contribution in [0.25, 0.3) is 0 Å². The summed E-state index contributed by atoms with van der Waals surface area (Å²) in [7, 11) is 0. The first-order valence-corrected chi connectivity index (χ1v) is 5.17. The molecular formula is C11H18O4. The molecular weight excluding hydrogens is 196 g/mol. The van der Waals surface area contributed by atoms with Crippen LogP contribution < -0.4 is 0 Å². The molecule has 0 aromatic carbocycles. The molecule has 2 atom stereocenters. The van der Waals surface area contributed by atoms with E-state index in [0.29, 0.717) is 0 Å². The second kappa shape index (κ2) is 4.21. The Labute approximate surface area is 89.9 Å². The molecule has 0 aromatic rings. The van der Waals surface area contributed by atoms with E-state index >= 15 is 0 Å². The number of rotatable bonds is 2. The fourth-order valence-electron chi connectivity index (χ4n) is 1.19. The number of hydrogen-bond donors (Lipinski definition) is 0. The molecule has 1 heterocycles. The van der Waals surface area contributed by atoms with Crippen LogP contribution in [0.2, 0.25) is 0 Å². The highest BCUT2D eigenvalue weighted by molar-refractivity contribution is 5.75. The second-order valence-electron chi connectivity index (χ2n) is 5.03. The van der Waals surface area contributed by atoms with Gasteiger partial charge in [0, 0.05) is 0 Å². The molecule has 4 nitrogen and oxygen atoms in total. The molecule has 0 amide bonds. The molecule has 1 saturated heterocycles. The third kappa shape index (κ3) is 3.22. The maximum Gasteiger partial charge on any atom is 0.309 e. The van der Waals surface area contributed by atoms with Gasteiger partial charge in [0.15, 0.2) is 0 Å².